The largest absolute Gasteiger partial charge is 0.496 e. The molecular weight excluding hydrogens is 200 g/mol. The predicted octanol–water partition coefficient (Wildman–Crippen LogP) is 3.39. The van der Waals surface area contributed by atoms with Crippen molar-refractivity contribution in [3.63, 3.8) is 0 Å². The Hall–Kier alpha value is -1.64. The average molecular weight is 214 g/mol. The minimum absolute atomic E-state index is 0.00903. The number of rotatable bonds is 1. The predicted molar refractivity (Wildman–Crippen MR) is 61.0 cm³/mol. The summed E-state index contributed by atoms with van der Waals surface area (Å²) in [5.74, 6) is 0.974. The molecule has 1 unspecified atom stereocenters. The van der Waals surface area contributed by atoms with E-state index in [1.54, 1.807) is 0 Å². The average Bonchev–Trinajstić information content (AvgIpc) is 2.39. The van der Waals surface area contributed by atoms with Gasteiger partial charge in [-0.3, -0.25) is 0 Å². The molecule has 0 radical (unpaired) electrons. The normalized spacial score (nSPS) is 23.2. The fourth-order valence-corrected chi connectivity index (χ4v) is 2.18. The number of hydrogen-bond acceptors (Lipinski definition) is 3. The number of hydrogen-bond donors (Lipinski definition) is 0. The molecule has 2 aliphatic rings. The molecule has 2 aliphatic heterocycles. The fraction of sp³-hybridized carbons (Fsp3) is 0.385. The number of fused-ring (bicyclic) bond motifs is 1. The number of azo groups is 1. The van der Waals surface area contributed by atoms with Crippen molar-refractivity contribution in [1.29, 1.82) is 0 Å². The highest BCUT2D eigenvalue weighted by atomic mass is 16.5. The van der Waals surface area contributed by atoms with Crippen LogP contribution < -0.4 is 0 Å². The first kappa shape index (κ1) is 9.58. The Balaban J connectivity index is 1.98. The molecule has 1 aromatic rings. The van der Waals surface area contributed by atoms with E-state index in [0.29, 0.717) is 6.54 Å². The molecule has 0 aromatic heterocycles. The summed E-state index contributed by atoms with van der Waals surface area (Å²) < 4.78 is 5.68. The number of ether oxygens (including phenoxy) is 1. The zero-order chi connectivity index (χ0) is 10.8. The Morgan fingerprint density at radius 3 is 3.06 bits per heavy atom. The first-order valence-electron chi connectivity index (χ1n) is 5.72. The van der Waals surface area contributed by atoms with E-state index in [9.17, 15) is 0 Å². The van der Waals surface area contributed by atoms with Crippen LogP contribution in [0.1, 0.15) is 30.0 Å². The van der Waals surface area contributed by atoms with Crippen molar-refractivity contribution in [2.24, 2.45) is 10.2 Å². The van der Waals surface area contributed by atoms with Crippen LogP contribution in [0.15, 0.2) is 46.3 Å². The maximum atomic E-state index is 5.68. The van der Waals surface area contributed by atoms with E-state index >= 15 is 0 Å². The summed E-state index contributed by atoms with van der Waals surface area (Å²) in [5, 5.41) is 8.51. The zero-order valence-corrected chi connectivity index (χ0v) is 9.10. The zero-order valence-electron chi connectivity index (χ0n) is 9.10. The molecule has 3 nitrogen and oxygen atoms in total. The topological polar surface area (TPSA) is 34.0 Å². The van der Waals surface area contributed by atoms with Gasteiger partial charge in [0.05, 0.1) is 13.2 Å². The van der Waals surface area contributed by atoms with Gasteiger partial charge in [0.15, 0.2) is 6.04 Å². The summed E-state index contributed by atoms with van der Waals surface area (Å²) in [6.45, 7) is 1.50. The molecule has 0 fully saturated rings. The van der Waals surface area contributed by atoms with Crippen LogP contribution in [0.4, 0.5) is 0 Å². The van der Waals surface area contributed by atoms with Crippen LogP contribution >= 0.6 is 0 Å². The van der Waals surface area contributed by atoms with Gasteiger partial charge in [-0.2, -0.15) is 10.2 Å². The Morgan fingerprint density at radius 1 is 1.25 bits per heavy atom. The second kappa shape index (κ2) is 4.08. The molecule has 0 N–H and O–H groups in total. The highest BCUT2D eigenvalue weighted by molar-refractivity contribution is 5.35. The van der Waals surface area contributed by atoms with Crippen molar-refractivity contribution in [3.05, 3.63) is 47.2 Å². The maximum absolute atomic E-state index is 5.68. The molecule has 3 heteroatoms. The fourth-order valence-electron chi connectivity index (χ4n) is 2.18. The van der Waals surface area contributed by atoms with Crippen LogP contribution in [0.25, 0.3) is 0 Å². The molecule has 16 heavy (non-hydrogen) atoms. The Labute approximate surface area is 94.8 Å². The first-order valence-corrected chi connectivity index (χ1v) is 5.72. The first-order chi connectivity index (χ1) is 7.95. The summed E-state index contributed by atoms with van der Waals surface area (Å²) in [6.07, 6.45) is 4.34. The smallest absolute Gasteiger partial charge is 0.153 e. The van der Waals surface area contributed by atoms with Crippen molar-refractivity contribution in [1.82, 2.24) is 0 Å². The van der Waals surface area contributed by atoms with E-state index in [2.05, 4.69) is 34.5 Å². The highest BCUT2D eigenvalue weighted by Crippen LogP contribution is 2.34. The van der Waals surface area contributed by atoms with Crippen LogP contribution in [0.2, 0.25) is 0 Å². The van der Waals surface area contributed by atoms with Gasteiger partial charge in [-0.15, -0.1) is 0 Å². The molecule has 0 amide bonds. The van der Waals surface area contributed by atoms with Crippen molar-refractivity contribution in [3.8, 4) is 0 Å². The molecule has 2 heterocycles. The van der Waals surface area contributed by atoms with Crippen LogP contribution in [0, 0.1) is 0 Å². The Morgan fingerprint density at radius 2 is 2.19 bits per heavy atom. The molecule has 0 aliphatic carbocycles. The molecule has 1 atom stereocenters. The third-order valence-electron chi connectivity index (χ3n) is 3.02. The second-order valence-corrected chi connectivity index (χ2v) is 4.11. The standard InChI is InChI=1S/C13H14N2O/c1-2-6-11-10(5-1)9-14-15-13(11)12-7-3-4-8-16-12/h1-2,5-7,13H,3-4,8-9H2. The quantitative estimate of drug-likeness (QED) is 0.705. The van der Waals surface area contributed by atoms with Gasteiger partial charge in [-0.05, 0) is 30.0 Å². The minimum atomic E-state index is -0.00903. The third kappa shape index (κ3) is 1.62. The van der Waals surface area contributed by atoms with Crippen molar-refractivity contribution in [2.45, 2.75) is 25.4 Å². The molecule has 0 spiro atoms. The maximum Gasteiger partial charge on any atom is 0.153 e. The van der Waals surface area contributed by atoms with Crippen LogP contribution in [0.3, 0.4) is 0 Å². The molecule has 1 aromatic carbocycles. The third-order valence-corrected chi connectivity index (χ3v) is 3.02. The lowest BCUT2D eigenvalue weighted by molar-refractivity contribution is 0.173. The second-order valence-electron chi connectivity index (χ2n) is 4.11. The molecular formula is C13H14N2O. The van der Waals surface area contributed by atoms with Gasteiger partial charge in [0.2, 0.25) is 0 Å². The van der Waals surface area contributed by atoms with E-state index in [0.717, 1.165) is 25.2 Å². The molecule has 0 saturated carbocycles. The van der Waals surface area contributed by atoms with Crippen molar-refractivity contribution >= 4 is 0 Å². The minimum Gasteiger partial charge on any atom is -0.496 e. The van der Waals surface area contributed by atoms with E-state index in [1.165, 1.54) is 11.1 Å². The van der Waals surface area contributed by atoms with E-state index in [-0.39, 0.29) is 6.04 Å². The Bertz CT molecular complexity index is 451. The summed E-state index contributed by atoms with van der Waals surface area (Å²) >= 11 is 0. The SMILES string of the molecule is C1=C(C2N=NCc3ccccc32)OCCC1. The lowest BCUT2D eigenvalue weighted by Gasteiger charge is -2.24. The number of allylic oxidation sites excluding steroid dienone is 1. The van der Waals surface area contributed by atoms with E-state index < -0.39 is 0 Å². The Kier molecular flexibility index (Phi) is 2.44. The lowest BCUT2D eigenvalue weighted by Crippen LogP contribution is -2.12. The van der Waals surface area contributed by atoms with Gasteiger partial charge in [0.1, 0.15) is 5.76 Å². The van der Waals surface area contributed by atoms with E-state index in [4.69, 9.17) is 4.74 Å². The molecule has 0 bridgehead atoms. The van der Waals surface area contributed by atoms with Crippen LogP contribution in [0.5, 0.6) is 0 Å². The van der Waals surface area contributed by atoms with Crippen LogP contribution in [-0.2, 0) is 11.3 Å². The monoisotopic (exact) mass is 214 g/mol. The lowest BCUT2D eigenvalue weighted by atomic mass is 9.97. The van der Waals surface area contributed by atoms with Gasteiger partial charge >= 0.3 is 0 Å². The summed E-state index contributed by atoms with van der Waals surface area (Å²) in [4.78, 5) is 0. The molecule has 82 valence electrons. The summed E-state index contributed by atoms with van der Waals surface area (Å²) in [7, 11) is 0. The summed E-state index contributed by atoms with van der Waals surface area (Å²) in [5.41, 5.74) is 2.50. The van der Waals surface area contributed by atoms with E-state index in [1.807, 2.05) is 6.07 Å². The number of nitrogens with zero attached hydrogens (tertiary/aromatic N) is 2. The van der Waals surface area contributed by atoms with Crippen LogP contribution in [-0.4, -0.2) is 6.61 Å². The highest BCUT2D eigenvalue weighted by Gasteiger charge is 2.24. The van der Waals surface area contributed by atoms with Gasteiger partial charge in [0.25, 0.3) is 0 Å². The van der Waals surface area contributed by atoms with Gasteiger partial charge < -0.3 is 4.74 Å². The molecule has 3 rings (SSSR count). The van der Waals surface area contributed by atoms with Crippen molar-refractivity contribution in [2.75, 3.05) is 6.61 Å². The van der Waals surface area contributed by atoms with Gasteiger partial charge in [-0.25, -0.2) is 0 Å². The van der Waals surface area contributed by atoms with Gasteiger partial charge in [0, 0.05) is 0 Å². The summed E-state index contributed by atoms with van der Waals surface area (Å²) in [6, 6.07) is 8.33. The number of benzene rings is 1. The molecule has 0 saturated heterocycles. The van der Waals surface area contributed by atoms with Gasteiger partial charge in [-0.1, -0.05) is 24.3 Å². The van der Waals surface area contributed by atoms with Crippen molar-refractivity contribution < 1.29 is 4.74 Å².